The van der Waals surface area contributed by atoms with Gasteiger partial charge in [-0.3, -0.25) is 9.59 Å². The van der Waals surface area contributed by atoms with Crippen LogP contribution in [0.1, 0.15) is 14.3 Å². The summed E-state index contributed by atoms with van der Waals surface area (Å²) in [7, 11) is 0. The summed E-state index contributed by atoms with van der Waals surface area (Å²) in [6, 6.07) is 0. The van der Waals surface area contributed by atoms with Gasteiger partial charge in [0.1, 0.15) is 0 Å². The Morgan fingerprint density at radius 1 is 1.44 bits per heavy atom. The van der Waals surface area contributed by atoms with E-state index in [-0.39, 0.29) is 70.8 Å². The molecule has 9 heavy (non-hydrogen) atoms. The predicted octanol–water partition coefficient (Wildman–Crippen LogP) is -2.58. The Morgan fingerprint density at radius 3 is 2.00 bits per heavy atom. The quantitative estimate of drug-likeness (QED) is 0.365. The number of carboxylic acids is 1. The maximum atomic E-state index is 9.95. The van der Waals surface area contributed by atoms with Gasteiger partial charge >= 0.3 is 57.4 Å². The predicted molar refractivity (Wildman–Crippen MR) is 32.0 cm³/mol. The van der Waals surface area contributed by atoms with Crippen molar-refractivity contribution in [2.75, 3.05) is 0 Å². The van der Waals surface area contributed by atoms with Gasteiger partial charge in [-0.2, -0.15) is 0 Å². The Kier molecular flexibility index (Phi) is 10.3. The number of carbonyl (C=O) groups excluding carboxylic acids is 1. The number of hydrogen-bond acceptors (Lipinski definition) is 2. The second kappa shape index (κ2) is 7.24. The Balaban J connectivity index is -0.000000245. The van der Waals surface area contributed by atoms with Gasteiger partial charge < -0.3 is 6.53 Å². The fourth-order valence-corrected chi connectivity index (χ4v) is 0.326. The third kappa shape index (κ3) is 12.3. The molecule has 5 heteroatoms. The van der Waals surface area contributed by atoms with Gasteiger partial charge in [-0.1, -0.05) is 0 Å². The molecule has 0 aliphatic carbocycles. The van der Waals surface area contributed by atoms with Crippen LogP contribution in [0.2, 0.25) is 0 Å². The van der Waals surface area contributed by atoms with Crippen LogP contribution in [0.5, 0.6) is 0 Å². The number of carbonyl (C=O) groups is 2. The SMILES string of the molecule is O=C(O)CCC(=O)S.[H-].[K+]. The fourth-order valence-electron chi connectivity index (χ4n) is 0.214. The van der Waals surface area contributed by atoms with Gasteiger partial charge in [0.05, 0.1) is 6.42 Å². The number of rotatable bonds is 3. The molecule has 0 atom stereocenters. The van der Waals surface area contributed by atoms with Crippen molar-refractivity contribution >= 4 is 23.7 Å². The van der Waals surface area contributed by atoms with Crippen molar-refractivity contribution in [3.05, 3.63) is 0 Å². The molecular formula is C4H7KO3S. The molecular weight excluding hydrogens is 167 g/mol. The summed E-state index contributed by atoms with van der Waals surface area (Å²) < 4.78 is 0. The topological polar surface area (TPSA) is 54.4 Å². The maximum Gasteiger partial charge on any atom is 1.00 e. The molecule has 0 aliphatic rings. The summed E-state index contributed by atoms with van der Waals surface area (Å²) in [5.74, 6) is -0.965. The van der Waals surface area contributed by atoms with Crippen molar-refractivity contribution in [3.8, 4) is 0 Å². The normalized spacial score (nSPS) is 7.67. The van der Waals surface area contributed by atoms with Crippen molar-refractivity contribution in [1.29, 1.82) is 0 Å². The van der Waals surface area contributed by atoms with E-state index in [2.05, 4.69) is 12.6 Å². The number of hydrogen-bond donors (Lipinski definition) is 2. The van der Waals surface area contributed by atoms with E-state index in [1.807, 2.05) is 0 Å². The Bertz CT molecular complexity index is 105. The van der Waals surface area contributed by atoms with Gasteiger partial charge in [-0.25, -0.2) is 0 Å². The molecule has 0 amide bonds. The first-order chi connectivity index (χ1) is 3.63. The molecule has 48 valence electrons. The van der Waals surface area contributed by atoms with Crippen molar-refractivity contribution in [2.24, 2.45) is 0 Å². The van der Waals surface area contributed by atoms with Crippen LogP contribution in [0.3, 0.4) is 0 Å². The van der Waals surface area contributed by atoms with E-state index >= 15 is 0 Å². The molecule has 3 nitrogen and oxygen atoms in total. The second-order valence-corrected chi connectivity index (χ2v) is 1.79. The summed E-state index contributed by atoms with van der Waals surface area (Å²) in [6.45, 7) is 0. The molecule has 0 saturated heterocycles. The van der Waals surface area contributed by atoms with Gasteiger partial charge in [0.25, 0.3) is 0 Å². The molecule has 0 unspecified atom stereocenters. The summed E-state index contributed by atoms with van der Waals surface area (Å²) in [6.07, 6.45) is -0.110. The number of thiol groups is 1. The molecule has 0 rings (SSSR count). The van der Waals surface area contributed by atoms with Gasteiger partial charge in [0.2, 0.25) is 0 Å². The monoisotopic (exact) mass is 174 g/mol. The van der Waals surface area contributed by atoms with Crippen molar-refractivity contribution in [2.45, 2.75) is 12.8 Å². The summed E-state index contributed by atoms with van der Waals surface area (Å²) in [5.41, 5.74) is 0. The minimum absolute atomic E-state index is 0. The molecule has 0 heterocycles. The number of aliphatic carboxylic acids is 1. The molecule has 0 saturated carbocycles. The minimum atomic E-state index is -0.965. The number of carboxylic acid groups (broad SMARTS) is 1. The molecule has 0 aromatic carbocycles. The zero-order chi connectivity index (χ0) is 6.57. The molecule has 0 radical (unpaired) electrons. The average Bonchev–Trinajstić information content (AvgIpc) is 1.61. The van der Waals surface area contributed by atoms with Crippen LogP contribution in [0.25, 0.3) is 0 Å². The first-order valence-electron chi connectivity index (χ1n) is 2.06. The van der Waals surface area contributed by atoms with Crippen LogP contribution < -0.4 is 51.4 Å². The van der Waals surface area contributed by atoms with Crippen molar-refractivity contribution in [1.82, 2.24) is 0 Å². The third-order valence-corrected chi connectivity index (χ3v) is 0.776. The summed E-state index contributed by atoms with van der Waals surface area (Å²) in [4.78, 5) is 19.7. The molecule has 0 aliphatic heterocycles. The first-order valence-corrected chi connectivity index (χ1v) is 2.51. The van der Waals surface area contributed by atoms with Gasteiger partial charge in [0, 0.05) is 6.42 Å². The van der Waals surface area contributed by atoms with E-state index in [4.69, 9.17) is 5.11 Å². The van der Waals surface area contributed by atoms with E-state index in [1.165, 1.54) is 0 Å². The second-order valence-electron chi connectivity index (χ2n) is 1.29. The Labute approximate surface area is 103 Å². The standard InChI is InChI=1S/C4H6O3S.K.H/c5-3(6)1-2-4(7)8;;/h1-2H2,(H,5,6)(H,7,8);;/q;+1;-1. The van der Waals surface area contributed by atoms with Crippen LogP contribution in [0.15, 0.2) is 0 Å². The molecule has 1 N–H and O–H groups in total. The molecule has 0 aromatic heterocycles. The largest absolute Gasteiger partial charge is 1.00 e. The first kappa shape index (κ1) is 12.8. The van der Waals surface area contributed by atoms with Crippen LogP contribution in [-0.2, 0) is 9.59 Å². The van der Waals surface area contributed by atoms with Crippen molar-refractivity contribution in [3.63, 3.8) is 0 Å². The smallest absolute Gasteiger partial charge is 1.00 e. The van der Waals surface area contributed by atoms with E-state index < -0.39 is 5.97 Å². The molecule has 0 spiro atoms. The third-order valence-electron chi connectivity index (χ3n) is 0.553. The van der Waals surface area contributed by atoms with E-state index in [9.17, 15) is 9.59 Å². The van der Waals surface area contributed by atoms with E-state index in [0.717, 1.165) is 0 Å². The van der Waals surface area contributed by atoms with Crippen LogP contribution in [0.4, 0.5) is 0 Å². The molecule has 0 aromatic rings. The summed E-state index contributed by atoms with van der Waals surface area (Å²) in [5, 5.41) is 7.59. The molecule has 0 fully saturated rings. The van der Waals surface area contributed by atoms with Gasteiger partial charge in [0.15, 0.2) is 5.12 Å². The fraction of sp³-hybridized carbons (Fsp3) is 0.500. The Morgan fingerprint density at radius 2 is 1.89 bits per heavy atom. The average molecular weight is 174 g/mol. The molecule has 0 bridgehead atoms. The van der Waals surface area contributed by atoms with E-state index in [0.29, 0.717) is 0 Å². The van der Waals surface area contributed by atoms with E-state index in [1.54, 1.807) is 0 Å². The minimum Gasteiger partial charge on any atom is -1.00 e. The van der Waals surface area contributed by atoms with Crippen LogP contribution >= 0.6 is 12.6 Å². The van der Waals surface area contributed by atoms with Crippen LogP contribution in [0, 0.1) is 0 Å². The summed E-state index contributed by atoms with van der Waals surface area (Å²) >= 11 is 3.37. The van der Waals surface area contributed by atoms with Crippen molar-refractivity contribution < 1.29 is 67.5 Å². The van der Waals surface area contributed by atoms with Gasteiger partial charge in [-0.05, 0) is 0 Å². The van der Waals surface area contributed by atoms with Gasteiger partial charge in [-0.15, -0.1) is 12.6 Å². The zero-order valence-electron chi connectivity index (χ0n) is 6.13. The zero-order valence-corrected chi connectivity index (χ0v) is 9.14. The van der Waals surface area contributed by atoms with Crippen LogP contribution in [-0.4, -0.2) is 16.2 Å². The Hall–Kier alpha value is 1.13. The maximum absolute atomic E-state index is 9.95.